The van der Waals surface area contributed by atoms with Crippen LogP contribution in [0.3, 0.4) is 0 Å². The number of carbonyl (C=O) groups is 2. The van der Waals surface area contributed by atoms with Crippen LogP contribution in [0.4, 0.5) is 4.39 Å². The van der Waals surface area contributed by atoms with Gasteiger partial charge in [-0.15, -0.1) is 0 Å². The molecule has 31 heavy (non-hydrogen) atoms. The van der Waals surface area contributed by atoms with E-state index >= 15 is 0 Å². The van der Waals surface area contributed by atoms with E-state index in [0.29, 0.717) is 18.7 Å². The predicted octanol–water partition coefficient (Wildman–Crippen LogP) is 4.61. The van der Waals surface area contributed by atoms with E-state index in [9.17, 15) is 14.0 Å². The lowest BCUT2D eigenvalue weighted by molar-refractivity contribution is -0.141. The van der Waals surface area contributed by atoms with E-state index in [1.807, 2.05) is 32.9 Å². The number of methoxy groups -OCH3 is 1. The third-order valence-corrected chi connectivity index (χ3v) is 5.33. The van der Waals surface area contributed by atoms with Crippen LogP contribution in [0.5, 0.6) is 5.75 Å². The van der Waals surface area contributed by atoms with Gasteiger partial charge in [0.05, 0.1) is 13.5 Å². The van der Waals surface area contributed by atoms with Crippen molar-refractivity contribution in [1.82, 2.24) is 10.2 Å². The van der Waals surface area contributed by atoms with Gasteiger partial charge in [0, 0.05) is 23.7 Å². The molecular weight excluding hydrogens is 419 g/mol. The lowest BCUT2D eigenvalue weighted by Gasteiger charge is -2.31. The molecule has 2 amide bonds. The van der Waals surface area contributed by atoms with Crippen molar-refractivity contribution in [3.8, 4) is 5.75 Å². The van der Waals surface area contributed by atoms with Crippen LogP contribution in [0, 0.1) is 11.7 Å². The van der Waals surface area contributed by atoms with Crippen molar-refractivity contribution in [3.05, 3.63) is 64.4 Å². The quantitative estimate of drug-likeness (QED) is 0.577. The van der Waals surface area contributed by atoms with E-state index in [0.717, 1.165) is 5.56 Å². The van der Waals surface area contributed by atoms with E-state index in [-0.39, 0.29) is 41.3 Å². The van der Waals surface area contributed by atoms with Crippen LogP contribution in [0.25, 0.3) is 0 Å². The smallest absolute Gasteiger partial charge is 0.242 e. The van der Waals surface area contributed by atoms with Crippen LogP contribution in [0.15, 0.2) is 42.5 Å². The molecule has 0 heterocycles. The first-order valence-electron chi connectivity index (χ1n) is 10.4. The third-order valence-electron chi connectivity index (χ3n) is 4.97. The fraction of sp³-hybridized carbons (Fsp3) is 0.417. The minimum atomic E-state index is -0.682. The first kappa shape index (κ1) is 24.7. The molecule has 0 saturated carbocycles. The van der Waals surface area contributed by atoms with Crippen molar-refractivity contribution in [2.45, 2.75) is 46.2 Å². The molecule has 0 aliphatic heterocycles. The van der Waals surface area contributed by atoms with Crippen LogP contribution < -0.4 is 10.1 Å². The number of rotatable bonds is 10. The zero-order chi connectivity index (χ0) is 23.0. The van der Waals surface area contributed by atoms with Crippen LogP contribution in [-0.4, -0.2) is 36.4 Å². The number of amides is 2. The summed E-state index contributed by atoms with van der Waals surface area (Å²) in [6, 6.07) is 10.9. The van der Waals surface area contributed by atoms with Crippen molar-refractivity contribution in [3.63, 3.8) is 0 Å². The summed E-state index contributed by atoms with van der Waals surface area (Å²) in [5.41, 5.74) is 0.968. The Morgan fingerprint density at radius 2 is 1.84 bits per heavy atom. The molecule has 0 aliphatic rings. The van der Waals surface area contributed by atoms with Crippen molar-refractivity contribution in [2.24, 2.45) is 5.92 Å². The van der Waals surface area contributed by atoms with Gasteiger partial charge < -0.3 is 15.0 Å². The molecule has 0 aliphatic carbocycles. The molecule has 0 spiro atoms. The summed E-state index contributed by atoms with van der Waals surface area (Å²) in [5.74, 6) is -0.152. The molecule has 1 atom stereocenters. The molecule has 1 N–H and O–H groups in total. The van der Waals surface area contributed by atoms with Crippen LogP contribution in [-0.2, 0) is 22.6 Å². The van der Waals surface area contributed by atoms with Crippen molar-refractivity contribution >= 4 is 23.4 Å². The summed E-state index contributed by atoms with van der Waals surface area (Å²) < 4.78 is 19.5. The molecule has 0 fully saturated rings. The third kappa shape index (κ3) is 6.96. The summed E-state index contributed by atoms with van der Waals surface area (Å²) in [4.78, 5) is 27.7. The molecule has 7 heteroatoms. The van der Waals surface area contributed by atoms with Gasteiger partial charge >= 0.3 is 0 Å². The zero-order valence-electron chi connectivity index (χ0n) is 18.5. The Morgan fingerprint density at radius 1 is 1.16 bits per heavy atom. The summed E-state index contributed by atoms with van der Waals surface area (Å²) in [5, 5.41) is 3.10. The van der Waals surface area contributed by atoms with Gasteiger partial charge in [-0.3, -0.25) is 9.59 Å². The number of benzene rings is 2. The molecule has 0 aromatic heterocycles. The highest BCUT2D eigenvalue weighted by atomic mass is 35.5. The average Bonchev–Trinajstić information content (AvgIpc) is 2.75. The topological polar surface area (TPSA) is 58.6 Å². The number of ether oxygens (including phenoxy) is 1. The normalized spacial score (nSPS) is 11.8. The van der Waals surface area contributed by atoms with Crippen LogP contribution in [0.2, 0.25) is 5.02 Å². The standard InChI is InChI=1S/C24H30ClFN2O3/c1-5-22(24(30)27-14-16(2)3)28(15-17-9-11-18(31-4)12-10-17)23(29)13-19-20(25)7-6-8-21(19)26/h6-12,16,22H,5,13-15H2,1-4H3,(H,27,30). The molecule has 2 aromatic carbocycles. The largest absolute Gasteiger partial charge is 0.497 e. The van der Waals surface area contributed by atoms with Gasteiger partial charge in [-0.2, -0.15) is 0 Å². The highest BCUT2D eigenvalue weighted by Gasteiger charge is 2.29. The Labute approximate surface area is 188 Å². The summed E-state index contributed by atoms with van der Waals surface area (Å²) in [6.45, 7) is 6.58. The van der Waals surface area contributed by atoms with Gasteiger partial charge in [-0.1, -0.05) is 50.6 Å². The summed E-state index contributed by atoms with van der Waals surface area (Å²) in [6.07, 6.45) is 0.201. The second-order valence-electron chi connectivity index (χ2n) is 7.81. The maximum atomic E-state index is 14.3. The van der Waals surface area contributed by atoms with E-state index in [2.05, 4.69) is 5.32 Å². The maximum Gasteiger partial charge on any atom is 0.242 e. The minimum absolute atomic E-state index is 0.131. The predicted molar refractivity (Wildman–Crippen MR) is 121 cm³/mol. The van der Waals surface area contributed by atoms with E-state index < -0.39 is 11.9 Å². The number of nitrogens with zero attached hydrogens (tertiary/aromatic N) is 1. The molecule has 1 unspecified atom stereocenters. The summed E-state index contributed by atoms with van der Waals surface area (Å²) in [7, 11) is 1.58. The molecule has 0 saturated heterocycles. The Balaban J connectivity index is 2.32. The average molecular weight is 449 g/mol. The minimum Gasteiger partial charge on any atom is -0.497 e. The number of halogens is 2. The zero-order valence-corrected chi connectivity index (χ0v) is 19.2. The number of hydrogen-bond acceptors (Lipinski definition) is 3. The first-order chi connectivity index (χ1) is 14.8. The highest BCUT2D eigenvalue weighted by Crippen LogP contribution is 2.22. The Morgan fingerprint density at radius 3 is 2.39 bits per heavy atom. The number of hydrogen-bond donors (Lipinski definition) is 1. The monoisotopic (exact) mass is 448 g/mol. The van der Waals surface area contributed by atoms with Crippen molar-refractivity contribution < 1.29 is 18.7 Å². The molecule has 5 nitrogen and oxygen atoms in total. The second-order valence-corrected chi connectivity index (χ2v) is 8.22. The van der Waals surface area contributed by atoms with Gasteiger partial charge in [-0.25, -0.2) is 4.39 Å². The maximum absolute atomic E-state index is 14.3. The molecule has 0 bridgehead atoms. The van der Waals surface area contributed by atoms with Crippen LogP contribution >= 0.6 is 11.6 Å². The van der Waals surface area contributed by atoms with Crippen LogP contribution in [0.1, 0.15) is 38.3 Å². The van der Waals surface area contributed by atoms with Crippen molar-refractivity contribution in [2.75, 3.05) is 13.7 Å². The van der Waals surface area contributed by atoms with Gasteiger partial charge in [0.25, 0.3) is 0 Å². The van der Waals surface area contributed by atoms with Gasteiger partial charge in [0.1, 0.15) is 17.6 Å². The molecule has 0 radical (unpaired) electrons. The number of carbonyl (C=O) groups excluding carboxylic acids is 2. The molecule has 2 aromatic rings. The second kappa shape index (κ2) is 11.7. The van der Waals surface area contributed by atoms with Gasteiger partial charge in [0.2, 0.25) is 11.8 Å². The lowest BCUT2D eigenvalue weighted by atomic mass is 10.1. The molecular formula is C24H30ClFN2O3. The molecule has 168 valence electrons. The first-order valence-corrected chi connectivity index (χ1v) is 10.8. The van der Waals surface area contributed by atoms with Crippen molar-refractivity contribution in [1.29, 1.82) is 0 Å². The highest BCUT2D eigenvalue weighted by molar-refractivity contribution is 6.31. The lowest BCUT2D eigenvalue weighted by Crippen LogP contribution is -2.50. The van der Waals surface area contributed by atoms with E-state index in [1.165, 1.54) is 17.0 Å². The van der Waals surface area contributed by atoms with Gasteiger partial charge in [0.15, 0.2) is 0 Å². The Kier molecular flexibility index (Phi) is 9.31. The fourth-order valence-electron chi connectivity index (χ4n) is 3.22. The van der Waals surface area contributed by atoms with E-state index in [4.69, 9.17) is 16.3 Å². The number of nitrogens with one attached hydrogen (secondary N) is 1. The summed E-state index contributed by atoms with van der Waals surface area (Å²) >= 11 is 6.13. The SMILES string of the molecule is CCC(C(=O)NCC(C)C)N(Cc1ccc(OC)cc1)C(=O)Cc1c(F)cccc1Cl. The Bertz CT molecular complexity index is 867. The van der Waals surface area contributed by atoms with E-state index in [1.54, 1.807) is 25.3 Å². The fourth-order valence-corrected chi connectivity index (χ4v) is 3.45. The van der Waals surface area contributed by atoms with Gasteiger partial charge in [-0.05, 0) is 42.2 Å². The Hall–Kier alpha value is -2.60. The molecule has 2 rings (SSSR count).